The first-order valence-corrected chi connectivity index (χ1v) is 7.47. The van der Waals surface area contributed by atoms with Crippen LogP contribution in [0.15, 0.2) is 22.3 Å². The summed E-state index contributed by atoms with van der Waals surface area (Å²) in [6.07, 6.45) is 4.41. The number of urea groups is 1. The Morgan fingerprint density at radius 3 is 2.89 bits per heavy atom. The molecule has 0 aromatic rings. The summed E-state index contributed by atoms with van der Waals surface area (Å²) in [5.74, 6) is 0. The maximum atomic E-state index is 11.8. The van der Waals surface area contributed by atoms with Crippen LogP contribution in [-0.4, -0.2) is 43.9 Å². The van der Waals surface area contributed by atoms with Crippen LogP contribution in [0.2, 0.25) is 0 Å². The Hall–Kier alpha value is -1.61. The Kier molecular flexibility index (Phi) is 6.30. The van der Waals surface area contributed by atoms with Crippen LogP contribution < -0.4 is 10.6 Å². The first-order valence-electron chi connectivity index (χ1n) is 6.24. The molecule has 0 saturated heterocycles. The molecule has 1 heterocycles. The fourth-order valence-corrected chi connectivity index (χ4v) is 2.72. The maximum absolute atomic E-state index is 11.8. The van der Waals surface area contributed by atoms with E-state index in [0.717, 1.165) is 10.5 Å². The van der Waals surface area contributed by atoms with Gasteiger partial charge in [-0.2, -0.15) is 5.26 Å². The third kappa shape index (κ3) is 3.93. The molecule has 0 aliphatic carbocycles. The standard InChI is InChI=1S/C13H20N4OS/c1-4-16-13(18)17-6-5-11(12(9-17)19-3)10(7-14)8-15-2/h8,15H,4-6,9H2,1-3H3,(H,16,18)/b10-8+. The SMILES string of the molecule is CCNC(=O)N1CCC(/C(C#N)=C/NC)=C(SC)C1. The molecule has 1 aliphatic heterocycles. The van der Waals surface area contributed by atoms with E-state index in [1.54, 1.807) is 29.9 Å². The Morgan fingerprint density at radius 2 is 2.37 bits per heavy atom. The summed E-state index contributed by atoms with van der Waals surface area (Å²) in [5.41, 5.74) is 1.70. The summed E-state index contributed by atoms with van der Waals surface area (Å²) in [5, 5.41) is 14.9. The van der Waals surface area contributed by atoms with Crippen molar-refractivity contribution in [3.05, 3.63) is 22.3 Å². The van der Waals surface area contributed by atoms with Crippen molar-refractivity contribution in [2.45, 2.75) is 13.3 Å². The largest absolute Gasteiger partial charge is 0.393 e. The van der Waals surface area contributed by atoms with Gasteiger partial charge >= 0.3 is 6.03 Å². The molecule has 2 N–H and O–H groups in total. The fourth-order valence-electron chi connectivity index (χ4n) is 1.97. The predicted octanol–water partition coefficient (Wildman–Crippen LogP) is 1.67. The zero-order valence-corrected chi connectivity index (χ0v) is 12.4. The van der Waals surface area contributed by atoms with Crippen molar-refractivity contribution in [3.63, 3.8) is 0 Å². The van der Waals surface area contributed by atoms with E-state index < -0.39 is 0 Å². The van der Waals surface area contributed by atoms with E-state index in [-0.39, 0.29) is 6.03 Å². The smallest absolute Gasteiger partial charge is 0.317 e. The minimum Gasteiger partial charge on any atom is -0.393 e. The predicted molar refractivity (Wildman–Crippen MR) is 78.6 cm³/mol. The number of carbonyl (C=O) groups excluding carboxylic acids is 1. The van der Waals surface area contributed by atoms with Gasteiger partial charge in [-0.15, -0.1) is 11.8 Å². The van der Waals surface area contributed by atoms with Crippen molar-refractivity contribution in [1.29, 1.82) is 5.26 Å². The number of nitrogens with zero attached hydrogens (tertiary/aromatic N) is 2. The van der Waals surface area contributed by atoms with Crippen LogP contribution >= 0.6 is 11.8 Å². The first-order chi connectivity index (χ1) is 9.17. The lowest BCUT2D eigenvalue weighted by molar-refractivity contribution is 0.202. The third-order valence-electron chi connectivity index (χ3n) is 2.90. The van der Waals surface area contributed by atoms with Crippen LogP contribution in [-0.2, 0) is 0 Å². The van der Waals surface area contributed by atoms with E-state index in [2.05, 4.69) is 16.7 Å². The number of thioether (sulfide) groups is 1. The normalized spacial score (nSPS) is 16.1. The van der Waals surface area contributed by atoms with Crippen molar-refractivity contribution in [3.8, 4) is 6.07 Å². The van der Waals surface area contributed by atoms with Gasteiger partial charge < -0.3 is 15.5 Å². The Morgan fingerprint density at radius 1 is 1.63 bits per heavy atom. The highest BCUT2D eigenvalue weighted by atomic mass is 32.2. The summed E-state index contributed by atoms with van der Waals surface area (Å²) in [6.45, 7) is 3.75. The van der Waals surface area contributed by atoms with Crippen molar-refractivity contribution in [1.82, 2.24) is 15.5 Å². The number of carbonyl (C=O) groups is 1. The van der Waals surface area contributed by atoms with Gasteiger partial charge in [0, 0.05) is 31.2 Å². The number of nitriles is 1. The van der Waals surface area contributed by atoms with Gasteiger partial charge in [0.25, 0.3) is 0 Å². The molecule has 6 heteroatoms. The number of amides is 2. The van der Waals surface area contributed by atoms with E-state index in [1.165, 1.54) is 0 Å². The first kappa shape index (κ1) is 15.4. The van der Waals surface area contributed by atoms with E-state index in [9.17, 15) is 10.1 Å². The van der Waals surface area contributed by atoms with Crippen LogP contribution in [0.3, 0.4) is 0 Å². The molecule has 0 unspecified atom stereocenters. The zero-order chi connectivity index (χ0) is 14.3. The van der Waals surface area contributed by atoms with Crippen LogP contribution in [0.1, 0.15) is 13.3 Å². The minimum atomic E-state index is -0.0378. The molecule has 0 bridgehead atoms. The number of rotatable bonds is 4. The summed E-state index contributed by atoms with van der Waals surface area (Å²) in [7, 11) is 1.78. The molecular formula is C13H20N4OS. The van der Waals surface area contributed by atoms with Gasteiger partial charge in [-0.1, -0.05) is 0 Å². The highest BCUT2D eigenvalue weighted by Gasteiger charge is 2.23. The molecule has 0 fully saturated rings. The second-order valence-corrected chi connectivity index (χ2v) is 4.97. The summed E-state index contributed by atoms with van der Waals surface area (Å²) in [6, 6.07) is 2.18. The molecular weight excluding hydrogens is 260 g/mol. The molecule has 104 valence electrons. The Labute approximate surface area is 118 Å². The number of hydrogen-bond acceptors (Lipinski definition) is 4. The van der Waals surface area contributed by atoms with Gasteiger partial charge in [-0.3, -0.25) is 0 Å². The highest BCUT2D eigenvalue weighted by Crippen LogP contribution is 2.30. The van der Waals surface area contributed by atoms with Gasteiger partial charge in [0.05, 0.1) is 12.1 Å². The fraction of sp³-hybridized carbons (Fsp3) is 0.538. The molecule has 5 nitrogen and oxygen atoms in total. The molecule has 0 radical (unpaired) electrons. The Bertz CT molecular complexity index is 436. The molecule has 1 aliphatic rings. The molecule has 1 rings (SSSR count). The second-order valence-electron chi connectivity index (χ2n) is 4.07. The highest BCUT2D eigenvalue weighted by molar-refractivity contribution is 8.02. The van der Waals surface area contributed by atoms with E-state index in [0.29, 0.717) is 31.6 Å². The van der Waals surface area contributed by atoms with Crippen LogP contribution in [0.25, 0.3) is 0 Å². The van der Waals surface area contributed by atoms with Crippen LogP contribution in [0, 0.1) is 11.3 Å². The monoisotopic (exact) mass is 280 g/mol. The van der Waals surface area contributed by atoms with Crippen LogP contribution in [0.5, 0.6) is 0 Å². The average molecular weight is 280 g/mol. The van der Waals surface area contributed by atoms with E-state index in [1.807, 2.05) is 13.2 Å². The van der Waals surface area contributed by atoms with Gasteiger partial charge in [-0.05, 0) is 25.2 Å². The number of allylic oxidation sites excluding steroid dienone is 1. The summed E-state index contributed by atoms with van der Waals surface area (Å²) in [4.78, 5) is 14.7. The van der Waals surface area contributed by atoms with Gasteiger partial charge in [0.2, 0.25) is 0 Å². The minimum absolute atomic E-state index is 0.0378. The van der Waals surface area contributed by atoms with Gasteiger partial charge in [0.15, 0.2) is 0 Å². The molecule has 0 spiro atoms. The number of nitrogens with one attached hydrogen (secondary N) is 2. The van der Waals surface area contributed by atoms with E-state index in [4.69, 9.17) is 0 Å². The van der Waals surface area contributed by atoms with Gasteiger partial charge in [-0.25, -0.2) is 4.79 Å². The van der Waals surface area contributed by atoms with Crippen molar-refractivity contribution in [2.75, 3.05) is 32.9 Å². The van der Waals surface area contributed by atoms with Gasteiger partial charge in [0.1, 0.15) is 6.07 Å². The zero-order valence-electron chi connectivity index (χ0n) is 11.6. The number of hydrogen-bond donors (Lipinski definition) is 2. The Balaban J connectivity index is 2.92. The quantitative estimate of drug-likeness (QED) is 0.769. The molecule has 19 heavy (non-hydrogen) atoms. The third-order valence-corrected chi connectivity index (χ3v) is 3.77. The molecule has 0 aromatic heterocycles. The molecule has 0 aromatic carbocycles. The van der Waals surface area contributed by atoms with E-state index >= 15 is 0 Å². The lowest BCUT2D eigenvalue weighted by atomic mass is 10.0. The second kappa shape index (κ2) is 7.74. The van der Waals surface area contributed by atoms with Crippen molar-refractivity contribution >= 4 is 17.8 Å². The van der Waals surface area contributed by atoms with Crippen molar-refractivity contribution in [2.24, 2.45) is 0 Å². The summed E-state index contributed by atoms with van der Waals surface area (Å²) < 4.78 is 0. The molecule has 0 saturated carbocycles. The molecule has 2 amide bonds. The lowest BCUT2D eigenvalue weighted by Crippen LogP contribution is -2.43. The summed E-state index contributed by atoms with van der Waals surface area (Å²) >= 11 is 1.60. The average Bonchev–Trinajstić information content (AvgIpc) is 2.44. The molecule has 0 atom stereocenters. The van der Waals surface area contributed by atoms with Crippen LogP contribution in [0.4, 0.5) is 4.79 Å². The van der Waals surface area contributed by atoms with Crippen molar-refractivity contribution < 1.29 is 4.79 Å². The maximum Gasteiger partial charge on any atom is 0.317 e. The topological polar surface area (TPSA) is 68.2 Å². The lowest BCUT2D eigenvalue weighted by Gasteiger charge is -2.30.